The van der Waals surface area contributed by atoms with Gasteiger partial charge in [-0.1, -0.05) is 0 Å². The number of ether oxygens (including phenoxy) is 1. The average Bonchev–Trinajstić information content (AvgIpc) is 2.84. The van der Waals surface area contributed by atoms with Crippen molar-refractivity contribution >= 4 is 17.5 Å². The maximum atomic E-state index is 11.3. The summed E-state index contributed by atoms with van der Waals surface area (Å²) in [6.45, 7) is 2.82. The summed E-state index contributed by atoms with van der Waals surface area (Å²) < 4.78 is 6.77. The lowest BCUT2D eigenvalue weighted by atomic mass is 10.2. The van der Waals surface area contributed by atoms with Gasteiger partial charge < -0.3 is 14.6 Å². The van der Waals surface area contributed by atoms with Gasteiger partial charge in [-0.15, -0.1) is 0 Å². The zero-order chi connectivity index (χ0) is 14.4. The van der Waals surface area contributed by atoms with Gasteiger partial charge in [-0.25, -0.2) is 9.78 Å². The fraction of sp³-hybridized carbons (Fsp3) is 0.286. The number of hydrogen-bond acceptors (Lipinski definition) is 4. The number of carbonyl (C=O) groups excluding carboxylic acids is 1. The molecular weight excluding hydrogens is 256 g/mol. The highest BCUT2D eigenvalue weighted by atomic mass is 16.5. The Balaban J connectivity index is 1.88. The molecule has 1 amide bonds. The van der Waals surface area contributed by atoms with E-state index in [0.29, 0.717) is 18.8 Å². The Bertz CT molecular complexity index is 563. The molecular formula is C14H18N4O2. The molecule has 0 radical (unpaired) electrons. The van der Waals surface area contributed by atoms with E-state index in [4.69, 9.17) is 4.74 Å². The Morgan fingerprint density at radius 2 is 2.00 bits per heavy atom. The van der Waals surface area contributed by atoms with Gasteiger partial charge in [-0.2, -0.15) is 0 Å². The largest absolute Gasteiger partial charge is 0.450 e. The maximum absolute atomic E-state index is 11.3. The van der Waals surface area contributed by atoms with Crippen LogP contribution in [0.25, 0.3) is 0 Å². The number of nitrogens with one attached hydrogen (secondary N) is 2. The Morgan fingerprint density at radius 3 is 2.60 bits per heavy atom. The molecule has 20 heavy (non-hydrogen) atoms. The van der Waals surface area contributed by atoms with Crippen LogP contribution in [0, 0.1) is 0 Å². The monoisotopic (exact) mass is 274 g/mol. The summed E-state index contributed by atoms with van der Waals surface area (Å²) in [5, 5.41) is 5.93. The van der Waals surface area contributed by atoms with Crippen LogP contribution in [-0.2, 0) is 18.3 Å². The van der Waals surface area contributed by atoms with Crippen molar-refractivity contribution in [2.75, 3.05) is 17.2 Å². The van der Waals surface area contributed by atoms with Crippen molar-refractivity contribution in [3.63, 3.8) is 0 Å². The predicted molar refractivity (Wildman–Crippen MR) is 77.6 cm³/mol. The minimum absolute atomic E-state index is 0.357. The zero-order valence-corrected chi connectivity index (χ0v) is 11.6. The van der Waals surface area contributed by atoms with Crippen LogP contribution in [-0.4, -0.2) is 22.3 Å². The highest BCUT2D eigenvalue weighted by Crippen LogP contribution is 2.14. The zero-order valence-electron chi connectivity index (χ0n) is 11.6. The molecule has 0 aliphatic carbocycles. The summed E-state index contributed by atoms with van der Waals surface area (Å²) in [6.07, 6.45) is 3.15. The first-order chi connectivity index (χ1) is 9.69. The van der Waals surface area contributed by atoms with Gasteiger partial charge in [0.1, 0.15) is 0 Å². The number of carbonyl (C=O) groups is 1. The molecule has 0 atom stereocenters. The van der Waals surface area contributed by atoms with Gasteiger partial charge >= 0.3 is 6.09 Å². The van der Waals surface area contributed by atoms with Crippen molar-refractivity contribution in [2.24, 2.45) is 7.05 Å². The molecule has 2 rings (SSSR count). The van der Waals surface area contributed by atoms with Gasteiger partial charge in [0, 0.05) is 24.6 Å². The number of anilines is 2. The second kappa shape index (κ2) is 6.60. The fourth-order valence-electron chi connectivity index (χ4n) is 1.70. The van der Waals surface area contributed by atoms with Gasteiger partial charge in [-0.3, -0.25) is 5.32 Å². The number of aryl methyl sites for hydroxylation is 1. The fourth-order valence-corrected chi connectivity index (χ4v) is 1.70. The van der Waals surface area contributed by atoms with Gasteiger partial charge in [0.15, 0.2) is 0 Å². The minimum Gasteiger partial charge on any atom is -0.450 e. The van der Waals surface area contributed by atoms with Crippen molar-refractivity contribution in [3.05, 3.63) is 42.5 Å². The van der Waals surface area contributed by atoms with Gasteiger partial charge in [0.2, 0.25) is 0 Å². The lowest BCUT2D eigenvalue weighted by molar-refractivity contribution is 0.168. The van der Waals surface area contributed by atoms with Crippen LogP contribution >= 0.6 is 0 Å². The van der Waals surface area contributed by atoms with Crippen LogP contribution in [0.15, 0.2) is 36.8 Å². The first-order valence-corrected chi connectivity index (χ1v) is 6.42. The number of hydrogen-bond donors (Lipinski definition) is 2. The van der Waals surface area contributed by atoms with E-state index in [1.807, 2.05) is 42.1 Å². The maximum Gasteiger partial charge on any atom is 0.411 e. The average molecular weight is 274 g/mol. The molecule has 2 aromatic rings. The molecule has 0 saturated carbocycles. The third kappa shape index (κ3) is 3.74. The Labute approximate surface area is 117 Å². The second-order valence-corrected chi connectivity index (χ2v) is 4.27. The van der Waals surface area contributed by atoms with Gasteiger partial charge in [-0.05, 0) is 31.2 Å². The molecule has 6 heteroatoms. The minimum atomic E-state index is -0.442. The molecule has 0 aliphatic rings. The number of imidazole rings is 1. The van der Waals surface area contributed by atoms with Crippen LogP contribution in [0.4, 0.5) is 16.2 Å². The Kier molecular flexibility index (Phi) is 4.60. The van der Waals surface area contributed by atoms with E-state index in [1.165, 1.54) is 0 Å². The molecule has 6 nitrogen and oxygen atoms in total. The Morgan fingerprint density at radius 1 is 1.30 bits per heavy atom. The smallest absolute Gasteiger partial charge is 0.411 e. The first-order valence-electron chi connectivity index (χ1n) is 6.42. The molecule has 1 heterocycles. The Hall–Kier alpha value is -2.50. The van der Waals surface area contributed by atoms with E-state index in [0.717, 1.165) is 11.4 Å². The van der Waals surface area contributed by atoms with E-state index in [2.05, 4.69) is 15.6 Å². The number of nitrogens with zero attached hydrogens (tertiary/aromatic N) is 2. The van der Waals surface area contributed by atoms with E-state index < -0.39 is 6.09 Å². The number of amides is 1. The standard InChI is InChI=1S/C14H18N4O2/c1-3-20-14(19)17-12-6-4-11(5-7-12)16-9-13-8-15-10-18(13)2/h4-8,10,16H,3,9H2,1-2H3,(H,17,19). The highest BCUT2D eigenvalue weighted by Gasteiger charge is 2.02. The summed E-state index contributed by atoms with van der Waals surface area (Å²) in [5.74, 6) is 0. The second-order valence-electron chi connectivity index (χ2n) is 4.27. The van der Waals surface area contributed by atoms with E-state index >= 15 is 0 Å². The van der Waals surface area contributed by atoms with Crippen molar-refractivity contribution < 1.29 is 9.53 Å². The van der Waals surface area contributed by atoms with Crippen LogP contribution in [0.3, 0.4) is 0 Å². The lowest BCUT2D eigenvalue weighted by Crippen LogP contribution is -2.13. The predicted octanol–water partition coefficient (Wildman–Crippen LogP) is 2.60. The van der Waals surface area contributed by atoms with Crippen molar-refractivity contribution in [1.29, 1.82) is 0 Å². The summed E-state index contributed by atoms with van der Waals surface area (Å²) in [6, 6.07) is 7.45. The molecule has 0 unspecified atom stereocenters. The molecule has 1 aromatic carbocycles. The summed E-state index contributed by atoms with van der Waals surface area (Å²) in [4.78, 5) is 15.3. The van der Waals surface area contributed by atoms with Gasteiger partial charge in [0.25, 0.3) is 0 Å². The van der Waals surface area contributed by atoms with Crippen LogP contribution in [0.1, 0.15) is 12.6 Å². The third-order valence-corrected chi connectivity index (χ3v) is 2.80. The number of benzene rings is 1. The molecule has 0 saturated heterocycles. The van der Waals surface area contributed by atoms with Crippen molar-refractivity contribution in [2.45, 2.75) is 13.5 Å². The van der Waals surface area contributed by atoms with Crippen molar-refractivity contribution in [3.8, 4) is 0 Å². The first kappa shape index (κ1) is 13.9. The van der Waals surface area contributed by atoms with Crippen LogP contribution < -0.4 is 10.6 Å². The summed E-state index contributed by atoms with van der Waals surface area (Å²) in [7, 11) is 1.95. The third-order valence-electron chi connectivity index (χ3n) is 2.80. The van der Waals surface area contributed by atoms with Crippen LogP contribution in [0.2, 0.25) is 0 Å². The van der Waals surface area contributed by atoms with E-state index in [1.54, 1.807) is 13.3 Å². The van der Waals surface area contributed by atoms with Gasteiger partial charge in [0.05, 0.1) is 25.2 Å². The molecule has 106 valence electrons. The quantitative estimate of drug-likeness (QED) is 0.879. The number of aromatic nitrogens is 2. The van der Waals surface area contributed by atoms with E-state index in [9.17, 15) is 4.79 Å². The summed E-state index contributed by atoms with van der Waals surface area (Å²) >= 11 is 0. The van der Waals surface area contributed by atoms with E-state index in [-0.39, 0.29) is 0 Å². The normalized spacial score (nSPS) is 10.1. The molecule has 2 N–H and O–H groups in total. The topological polar surface area (TPSA) is 68.2 Å². The number of rotatable bonds is 5. The lowest BCUT2D eigenvalue weighted by Gasteiger charge is -2.09. The molecule has 0 fully saturated rings. The molecule has 0 bridgehead atoms. The van der Waals surface area contributed by atoms with Crippen molar-refractivity contribution in [1.82, 2.24) is 9.55 Å². The highest BCUT2D eigenvalue weighted by molar-refractivity contribution is 5.84. The molecule has 1 aromatic heterocycles. The SMILES string of the molecule is CCOC(=O)Nc1ccc(NCc2cncn2C)cc1. The van der Waals surface area contributed by atoms with Crippen LogP contribution in [0.5, 0.6) is 0 Å². The summed E-state index contributed by atoms with van der Waals surface area (Å²) in [5.41, 5.74) is 2.77. The molecule has 0 spiro atoms. The molecule has 0 aliphatic heterocycles.